The number of aryl methyl sites for hydroxylation is 1. The van der Waals surface area contributed by atoms with E-state index in [9.17, 15) is 4.39 Å². The molecule has 1 aromatic carbocycles. The summed E-state index contributed by atoms with van der Waals surface area (Å²) in [5.41, 5.74) is 1.66. The molecule has 2 nitrogen and oxygen atoms in total. The first-order valence-corrected chi connectivity index (χ1v) is 8.46. The molecule has 0 amide bonds. The summed E-state index contributed by atoms with van der Waals surface area (Å²) in [6, 6.07) is 4.80. The first kappa shape index (κ1) is 16.4. The highest BCUT2D eigenvalue weighted by Crippen LogP contribution is 2.26. The van der Waals surface area contributed by atoms with Crippen LogP contribution in [-0.4, -0.2) is 11.5 Å². The van der Waals surface area contributed by atoms with Crippen LogP contribution in [0.4, 0.5) is 4.39 Å². The summed E-state index contributed by atoms with van der Waals surface area (Å²) in [7, 11) is 0. The third-order valence-electron chi connectivity index (χ3n) is 3.23. The molecule has 0 saturated heterocycles. The molecule has 0 saturated carbocycles. The van der Waals surface area contributed by atoms with Crippen molar-refractivity contribution >= 4 is 22.9 Å². The molecule has 2 rings (SSSR count). The lowest BCUT2D eigenvalue weighted by atomic mass is 10.1. The van der Waals surface area contributed by atoms with Gasteiger partial charge in [-0.15, -0.1) is 11.3 Å². The van der Waals surface area contributed by atoms with Crippen LogP contribution in [0.1, 0.15) is 41.4 Å². The molecule has 21 heavy (non-hydrogen) atoms. The van der Waals surface area contributed by atoms with Crippen molar-refractivity contribution in [3.8, 4) is 0 Å². The van der Waals surface area contributed by atoms with Crippen LogP contribution in [0.25, 0.3) is 0 Å². The van der Waals surface area contributed by atoms with E-state index in [1.807, 2.05) is 0 Å². The van der Waals surface area contributed by atoms with E-state index in [2.05, 4.69) is 24.1 Å². The highest BCUT2D eigenvalue weighted by molar-refractivity contribution is 7.11. The summed E-state index contributed by atoms with van der Waals surface area (Å²) in [4.78, 5) is 5.93. The van der Waals surface area contributed by atoms with Crippen LogP contribution in [-0.2, 0) is 19.4 Å². The second kappa shape index (κ2) is 7.87. The van der Waals surface area contributed by atoms with Gasteiger partial charge in [0.05, 0.1) is 10.7 Å². The van der Waals surface area contributed by atoms with Crippen LogP contribution >= 0.6 is 22.9 Å². The maximum absolute atomic E-state index is 13.9. The summed E-state index contributed by atoms with van der Waals surface area (Å²) < 4.78 is 13.9. The summed E-state index contributed by atoms with van der Waals surface area (Å²) in [6.07, 6.45) is 2.48. The van der Waals surface area contributed by atoms with Gasteiger partial charge in [0.1, 0.15) is 5.82 Å². The van der Waals surface area contributed by atoms with Crippen LogP contribution < -0.4 is 5.32 Å². The fourth-order valence-electron chi connectivity index (χ4n) is 2.17. The van der Waals surface area contributed by atoms with Gasteiger partial charge in [-0.25, -0.2) is 9.37 Å². The van der Waals surface area contributed by atoms with Gasteiger partial charge in [0.2, 0.25) is 0 Å². The van der Waals surface area contributed by atoms with E-state index in [0.717, 1.165) is 36.6 Å². The van der Waals surface area contributed by atoms with E-state index >= 15 is 0 Å². The molecule has 0 unspecified atom stereocenters. The summed E-state index contributed by atoms with van der Waals surface area (Å²) in [6.45, 7) is 5.98. The molecule has 1 aromatic heterocycles. The molecular formula is C16H20ClFN2S. The molecule has 5 heteroatoms. The van der Waals surface area contributed by atoms with Gasteiger partial charge in [0.15, 0.2) is 0 Å². The molecule has 0 atom stereocenters. The second-order valence-electron chi connectivity index (χ2n) is 4.88. The highest BCUT2D eigenvalue weighted by atomic mass is 35.5. The van der Waals surface area contributed by atoms with Crippen LogP contribution in [0.5, 0.6) is 0 Å². The highest BCUT2D eigenvalue weighted by Gasteiger charge is 2.14. The average Bonchev–Trinajstić information content (AvgIpc) is 2.83. The van der Waals surface area contributed by atoms with Crippen molar-refractivity contribution in [3.05, 3.63) is 50.2 Å². The quantitative estimate of drug-likeness (QED) is 0.805. The molecule has 114 valence electrons. The fraction of sp³-hybridized carbons (Fsp3) is 0.438. The molecule has 2 aromatic rings. The van der Waals surface area contributed by atoms with Crippen molar-refractivity contribution < 1.29 is 4.39 Å². The maximum Gasteiger partial charge on any atom is 0.128 e. The van der Waals surface area contributed by atoms with Crippen LogP contribution in [0.3, 0.4) is 0 Å². The van der Waals surface area contributed by atoms with Crippen molar-refractivity contribution in [1.82, 2.24) is 10.3 Å². The van der Waals surface area contributed by atoms with E-state index in [1.165, 1.54) is 10.9 Å². The van der Waals surface area contributed by atoms with E-state index in [4.69, 9.17) is 11.6 Å². The SMILES string of the molecule is CCCc1nc(Cc2c(F)cccc2Cl)sc1CNCC. The van der Waals surface area contributed by atoms with Crippen LogP contribution in [0, 0.1) is 5.82 Å². The lowest BCUT2D eigenvalue weighted by Gasteiger charge is -2.03. The van der Waals surface area contributed by atoms with Gasteiger partial charge in [-0.05, 0) is 25.1 Å². The zero-order valence-electron chi connectivity index (χ0n) is 12.4. The Morgan fingerprint density at radius 3 is 2.81 bits per heavy atom. The number of hydrogen-bond acceptors (Lipinski definition) is 3. The number of nitrogens with zero attached hydrogens (tertiary/aromatic N) is 1. The minimum Gasteiger partial charge on any atom is -0.312 e. The number of aromatic nitrogens is 1. The molecule has 1 heterocycles. The Kier molecular flexibility index (Phi) is 6.15. The Morgan fingerprint density at radius 1 is 1.33 bits per heavy atom. The smallest absolute Gasteiger partial charge is 0.128 e. The zero-order valence-corrected chi connectivity index (χ0v) is 14.0. The molecule has 0 aliphatic heterocycles. The number of nitrogens with one attached hydrogen (secondary N) is 1. The molecule has 0 spiro atoms. The predicted molar refractivity (Wildman–Crippen MR) is 87.7 cm³/mol. The van der Waals surface area contributed by atoms with Gasteiger partial charge in [0.25, 0.3) is 0 Å². The van der Waals surface area contributed by atoms with Gasteiger partial charge in [-0.2, -0.15) is 0 Å². The predicted octanol–water partition coefficient (Wildman–Crippen LogP) is 4.59. The van der Waals surface area contributed by atoms with Crippen molar-refractivity contribution in [3.63, 3.8) is 0 Å². The lowest BCUT2D eigenvalue weighted by Crippen LogP contribution is -2.11. The summed E-state index contributed by atoms with van der Waals surface area (Å²) in [5.74, 6) is -0.261. The van der Waals surface area contributed by atoms with E-state index in [-0.39, 0.29) is 5.82 Å². The van der Waals surface area contributed by atoms with Crippen molar-refractivity contribution in [2.45, 2.75) is 39.7 Å². The van der Waals surface area contributed by atoms with E-state index < -0.39 is 0 Å². The Morgan fingerprint density at radius 2 is 2.14 bits per heavy atom. The number of halogens is 2. The average molecular weight is 327 g/mol. The van der Waals surface area contributed by atoms with Gasteiger partial charge in [-0.3, -0.25) is 0 Å². The number of hydrogen-bond donors (Lipinski definition) is 1. The van der Waals surface area contributed by atoms with Gasteiger partial charge in [0, 0.05) is 28.4 Å². The largest absolute Gasteiger partial charge is 0.312 e. The Labute approximate surface area is 134 Å². The molecule has 0 aliphatic rings. The number of thiazole rings is 1. The van der Waals surface area contributed by atoms with Crippen molar-refractivity contribution in [1.29, 1.82) is 0 Å². The molecule has 0 radical (unpaired) electrons. The third-order valence-corrected chi connectivity index (χ3v) is 4.69. The topological polar surface area (TPSA) is 24.9 Å². The molecular weight excluding hydrogens is 307 g/mol. The number of benzene rings is 1. The minimum atomic E-state index is -0.261. The fourth-order valence-corrected chi connectivity index (χ4v) is 3.50. The molecule has 0 aliphatic carbocycles. The van der Waals surface area contributed by atoms with Gasteiger partial charge >= 0.3 is 0 Å². The summed E-state index contributed by atoms with van der Waals surface area (Å²) in [5, 5.41) is 4.73. The molecule has 0 bridgehead atoms. The second-order valence-corrected chi connectivity index (χ2v) is 6.46. The zero-order chi connectivity index (χ0) is 15.2. The summed E-state index contributed by atoms with van der Waals surface area (Å²) >= 11 is 7.75. The monoisotopic (exact) mass is 326 g/mol. The standard InChI is InChI=1S/C16H20ClFN2S/c1-3-6-14-15(10-19-4-2)21-16(20-14)9-11-12(17)7-5-8-13(11)18/h5,7-8,19H,3-4,6,9-10H2,1-2H3. The van der Waals surface area contributed by atoms with E-state index in [0.29, 0.717) is 17.0 Å². The van der Waals surface area contributed by atoms with Crippen molar-refractivity contribution in [2.75, 3.05) is 6.54 Å². The lowest BCUT2D eigenvalue weighted by molar-refractivity contribution is 0.614. The maximum atomic E-state index is 13.9. The third kappa shape index (κ3) is 4.25. The number of rotatable bonds is 7. The van der Waals surface area contributed by atoms with Crippen LogP contribution in [0.15, 0.2) is 18.2 Å². The molecule has 1 N–H and O–H groups in total. The molecule has 0 fully saturated rings. The van der Waals surface area contributed by atoms with Crippen LogP contribution in [0.2, 0.25) is 5.02 Å². The first-order valence-electron chi connectivity index (χ1n) is 7.26. The van der Waals surface area contributed by atoms with Crippen molar-refractivity contribution in [2.24, 2.45) is 0 Å². The normalized spacial score (nSPS) is 11.0. The van der Waals surface area contributed by atoms with Gasteiger partial charge in [-0.1, -0.05) is 37.9 Å². The van der Waals surface area contributed by atoms with Gasteiger partial charge < -0.3 is 5.32 Å². The minimum absolute atomic E-state index is 0.261. The first-order chi connectivity index (χ1) is 10.2. The van der Waals surface area contributed by atoms with E-state index in [1.54, 1.807) is 23.5 Å². The Hall–Kier alpha value is -0.970. The Bertz CT molecular complexity index is 578. The Balaban J connectivity index is 2.23.